The molecule has 1 aliphatic carbocycles. The van der Waals surface area contributed by atoms with Crippen molar-refractivity contribution in [3.8, 4) is 0 Å². The Hall–Kier alpha value is -0.110. The Morgan fingerprint density at radius 3 is 2.60 bits per heavy atom. The Morgan fingerprint density at radius 1 is 1.70 bits per heavy atom. The van der Waals surface area contributed by atoms with E-state index >= 15 is 0 Å². The molecule has 58 valence electrons. The maximum absolute atomic E-state index is 5.44. The summed E-state index contributed by atoms with van der Waals surface area (Å²) in [4.78, 5) is 0.680. The van der Waals surface area contributed by atoms with E-state index < -0.39 is 0 Å². The minimum absolute atomic E-state index is 0.680. The number of hydrogen-bond acceptors (Lipinski definition) is 1. The van der Waals surface area contributed by atoms with Crippen LogP contribution in [0.1, 0.15) is 32.6 Å². The number of hydrogen-bond donors (Lipinski definition) is 1. The molecule has 0 radical (unpaired) electrons. The molecule has 2 N–H and O–H groups in total. The first-order chi connectivity index (χ1) is 4.70. The van der Waals surface area contributed by atoms with E-state index in [1.807, 2.05) is 0 Å². The van der Waals surface area contributed by atoms with E-state index in [0.29, 0.717) is 4.99 Å². The van der Waals surface area contributed by atoms with E-state index in [0.717, 1.165) is 18.3 Å². The van der Waals surface area contributed by atoms with Crippen molar-refractivity contribution >= 4 is 17.2 Å². The zero-order valence-corrected chi connectivity index (χ0v) is 7.29. The lowest BCUT2D eigenvalue weighted by molar-refractivity contribution is 0.226. The number of thiocarbonyl (C=S) groups is 1. The van der Waals surface area contributed by atoms with Crippen molar-refractivity contribution in [2.45, 2.75) is 32.6 Å². The van der Waals surface area contributed by atoms with Crippen molar-refractivity contribution in [1.29, 1.82) is 0 Å². The Labute approximate surface area is 68.0 Å². The maximum atomic E-state index is 5.44. The van der Waals surface area contributed by atoms with Gasteiger partial charge in [-0.1, -0.05) is 38.4 Å². The maximum Gasteiger partial charge on any atom is 0.0730 e. The summed E-state index contributed by atoms with van der Waals surface area (Å²) in [7, 11) is 0. The molecule has 1 atom stereocenters. The van der Waals surface area contributed by atoms with Gasteiger partial charge in [-0.2, -0.15) is 0 Å². The highest BCUT2D eigenvalue weighted by Gasteiger charge is 2.23. The molecule has 0 aliphatic heterocycles. The van der Waals surface area contributed by atoms with Gasteiger partial charge < -0.3 is 5.73 Å². The van der Waals surface area contributed by atoms with E-state index in [9.17, 15) is 0 Å². The second kappa shape index (κ2) is 3.33. The standard InChI is InChI=1S/C8H15NS/c1-6(5-8(9)10)7-3-2-4-7/h6-7H,2-5H2,1H3,(H2,9,10). The molecule has 0 bridgehead atoms. The van der Waals surface area contributed by atoms with Gasteiger partial charge in [0.1, 0.15) is 0 Å². The van der Waals surface area contributed by atoms with Gasteiger partial charge in [0, 0.05) is 6.42 Å². The molecule has 1 nitrogen and oxygen atoms in total. The normalized spacial score (nSPS) is 21.7. The summed E-state index contributed by atoms with van der Waals surface area (Å²) < 4.78 is 0. The molecular formula is C8H15NS. The molecule has 2 heteroatoms. The van der Waals surface area contributed by atoms with Crippen LogP contribution in [-0.2, 0) is 0 Å². The van der Waals surface area contributed by atoms with Crippen molar-refractivity contribution in [2.24, 2.45) is 17.6 Å². The SMILES string of the molecule is CC(CC(N)=S)C1CCC1. The highest BCUT2D eigenvalue weighted by atomic mass is 32.1. The fourth-order valence-corrected chi connectivity index (χ4v) is 1.76. The van der Waals surface area contributed by atoms with Crippen LogP contribution in [0.25, 0.3) is 0 Å². The molecule has 10 heavy (non-hydrogen) atoms. The van der Waals surface area contributed by atoms with Gasteiger partial charge in [-0.3, -0.25) is 0 Å². The monoisotopic (exact) mass is 157 g/mol. The molecule has 0 aromatic carbocycles. The van der Waals surface area contributed by atoms with Gasteiger partial charge in [0.25, 0.3) is 0 Å². The molecule has 1 aliphatic rings. The third kappa shape index (κ3) is 1.94. The first kappa shape index (κ1) is 7.99. The largest absolute Gasteiger partial charge is 0.393 e. The highest BCUT2D eigenvalue weighted by Crippen LogP contribution is 2.34. The average molecular weight is 157 g/mol. The summed E-state index contributed by atoms with van der Waals surface area (Å²) in [6.45, 7) is 2.25. The summed E-state index contributed by atoms with van der Waals surface area (Å²) in [5.41, 5.74) is 5.44. The lowest BCUT2D eigenvalue weighted by Crippen LogP contribution is -2.23. The van der Waals surface area contributed by atoms with Gasteiger partial charge in [-0.15, -0.1) is 0 Å². The van der Waals surface area contributed by atoms with E-state index in [1.54, 1.807) is 0 Å². The van der Waals surface area contributed by atoms with Gasteiger partial charge in [-0.05, 0) is 11.8 Å². The van der Waals surface area contributed by atoms with Crippen LogP contribution in [0, 0.1) is 11.8 Å². The summed E-state index contributed by atoms with van der Waals surface area (Å²) in [6.07, 6.45) is 5.14. The fourth-order valence-electron chi connectivity index (χ4n) is 1.49. The molecule has 1 fully saturated rings. The fraction of sp³-hybridized carbons (Fsp3) is 0.875. The van der Waals surface area contributed by atoms with Gasteiger partial charge in [0.2, 0.25) is 0 Å². The van der Waals surface area contributed by atoms with Crippen LogP contribution < -0.4 is 5.73 Å². The highest BCUT2D eigenvalue weighted by molar-refractivity contribution is 7.80. The smallest absolute Gasteiger partial charge is 0.0730 e. The first-order valence-electron chi connectivity index (χ1n) is 3.98. The minimum Gasteiger partial charge on any atom is -0.393 e. The summed E-state index contributed by atoms with van der Waals surface area (Å²) in [5, 5.41) is 0. The van der Waals surface area contributed by atoms with Crippen LogP contribution in [0.4, 0.5) is 0 Å². The predicted octanol–water partition coefficient (Wildman–Crippen LogP) is 2.10. The summed E-state index contributed by atoms with van der Waals surface area (Å²) in [6, 6.07) is 0. The Bertz CT molecular complexity index is 129. The lowest BCUT2D eigenvalue weighted by Gasteiger charge is -2.31. The van der Waals surface area contributed by atoms with Crippen LogP contribution in [0.15, 0.2) is 0 Å². The molecular weight excluding hydrogens is 142 g/mol. The zero-order chi connectivity index (χ0) is 7.56. The Morgan fingerprint density at radius 2 is 2.30 bits per heavy atom. The van der Waals surface area contributed by atoms with Crippen molar-refractivity contribution < 1.29 is 0 Å². The molecule has 0 aromatic heterocycles. The zero-order valence-electron chi connectivity index (χ0n) is 6.47. The Balaban J connectivity index is 2.19. The second-order valence-electron chi connectivity index (χ2n) is 3.34. The molecule has 1 unspecified atom stereocenters. The molecule has 0 heterocycles. The molecule has 0 saturated heterocycles. The number of nitrogens with two attached hydrogens (primary N) is 1. The van der Waals surface area contributed by atoms with Gasteiger partial charge >= 0.3 is 0 Å². The molecule has 1 saturated carbocycles. The topological polar surface area (TPSA) is 26.0 Å². The van der Waals surface area contributed by atoms with Crippen molar-refractivity contribution in [3.05, 3.63) is 0 Å². The van der Waals surface area contributed by atoms with Crippen molar-refractivity contribution in [3.63, 3.8) is 0 Å². The van der Waals surface area contributed by atoms with Gasteiger partial charge in [0.05, 0.1) is 4.99 Å². The van der Waals surface area contributed by atoms with E-state index in [4.69, 9.17) is 18.0 Å². The molecule has 0 amide bonds. The van der Waals surface area contributed by atoms with Gasteiger partial charge in [0.15, 0.2) is 0 Å². The second-order valence-corrected chi connectivity index (χ2v) is 3.86. The van der Waals surface area contributed by atoms with Crippen LogP contribution in [-0.4, -0.2) is 4.99 Å². The molecule has 1 rings (SSSR count). The predicted molar refractivity (Wildman–Crippen MR) is 47.9 cm³/mol. The molecule has 0 spiro atoms. The Kier molecular flexibility index (Phi) is 2.66. The molecule has 0 aromatic rings. The van der Waals surface area contributed by atoms with Crippen LogP contribution in [0.2, 0.25) is 0 Å². The summed E-state index contributed by atoms with van der Waals surface area (Å²) in [5.74, 6) is 1.65. The van der Waals surface area contributed by atoms with E-state index in [-0.39, 0.29) is 0 Å². The van der Waals surface area contributed by atoms with Crippen LogP contribution in [0.5, 0.6) is 0 Å². The first-order valence-corrected chi connectivity index (χ1v) is 4.39. The summed E-state index contributed by atoms with van der Waals surface area (Å²) >= 11 is 4.84. The van der Waals surface area contributed by atoms with Crippen LogP contribution >= 0.6 is 12.2 Å². The lowest BCUT2D eigenvalue weighted by atomic mass is 9.75. The minimum atomic E-state index is 0.680. The van der Waals surface area contributed by atoms with Crippen molar-refractivity contribution in [1.82, 2.24) is 0 Å². The quantitative estimate of drug-likeness (QED) is 0.635. The number of rotatable bonds is 3. The van der Waals surface area contributed by atoms with Gasteiger partial charge in [-0.25, -0.2) is 0 Å². The van der Waals surface area contributed by atoms with Crippen LogP contribution in [0.3, 0.4) is 0 Å². The van der Waals surface area contributed by atoms with E-state index in [2.05, 4.69) is 6.92 Å². The third-order valence-corrected chi connectivity index (χ3v) is 2.64. The third-order valence-electron chi connectivity index (χ3n) is 2.48. The average Bonchev–Trinajstić information content (AvgIpc) is 1.55. The van der Waals surface area contributed by atoms with Crippen molar-refractivity contribution in [2.75, 3.05) is 0 Å². The van der Waals surface area contributed by atoms with E-state index in [1.165, 1.54) is 19.3 Å².